The quantitative estimate of drug-likeness (QED) is 0.198. The predicted octanol–water partition coefficient (Wildman–Crippen LogP) is 5.44. The zero-order valence-electron chi connectivity index (χ0n) is 23.0. The minimum absolute atomic E-state index is 0.537. The summed E-state index contributed by atoms with van der Waals surface area (Å²) in [4.78, 5) is 12.2. The number of rotatable bonds is 8. The van der Waals surface area contributed by atoms with E-state index in [-0.39, 0.29) is 0 Å². The largest absolute Gasteiger partial charge is 0.497 e. The highest BCUT2D eigenvalue weighted by molar-refractivity contribution is 6.59. The maximum Gasteiger partial charge on any atom is 0.488 e. The van der Waals surface area contributed by atoms with Crippen molar-refractivity contribution in [2.24, 2.45) is 0 Å². The van der Waals surface area contributed by atoms with Crippen LogP contribution in [0.4, 0.5) is 0 Å². The second-order valence-corrected chi connectivity index (χ2v) is 10.3. The maximum atomic E-state index is 9.68. The highest BCUT2D eigenvalue weighted by Gasteiger charge is 2.16. The van der Waals surface area contributed by atoms with Crippen LogP contribution in [0.5, 0.6) is 5.75 Å². The smallest absolute Gasteiger partial charge is 0.488 e. The van der Waals surface area contributed by atoms with E-state index in [0.29, 0.717) is 12.0 Å². The van der Waals surface area contributed by atoms with Crippen LogP contribution in [0.3, 0.4) is 0 Å². The van der Waals surface area contributed by atoms with Crippen LogP contribution in [0.25, 0.3) is 44.3 Å². The summed E-state index contributed by atoms with van der Waals surface area (Å²) >= 11 is 0. The zero-order chi connectivity index (χ0) is 28.3. The van der Waals surface area contributed by atoms with E-state index in [9.17, 15) is 10.0 Å². The van der Waals surface area contributed by atoms with Gasteiger partial charge in [0.1, 0.15) is 5.75 Å². The average Bonchev–Trinajstić information content (AvgIpc) is 3.01. The number of benzene rings is 4. The fourth-order valence-corrected chi connectivity index (χ4v) is 5.22. The molecule has 0 unspecified atom stereocenters. The highest BCUT2D eigenvalue weighted by atomic mass is 16.5. The van der Waals surface area contributed by atoms with Gasteiger partial charge in [-0.15, -0.1) is 0 Å². The first-order valence-electron chi connectivity index (χ1n) is 13.6. The summed E-state index contributed by atoms with van der Waals surface area (Å²) in [6.45, 7) is 1.34. The molecule has 0 fully saturated rings. The van der Waals surface area contributed by atoms with Gasteiger partial charge in [0.05, 0.1) is 29.5 Å². The lowest BCUT2D eigenvalue weighted by Gasteiger charge is -2.19. The summed E-state index contributed by atoms with van der Waals surface area (Å²) in [5.74, 6) is 0.816. The van der Waals surface area contributed by atoms with Crippen molar-refractivity contribution in [3.63, 3.8) is 0 Å². The van der Waals surface area contributed by atoms with Crippen LogP contribution in [-0.2, 0) is 13.1 Å². The molecule has 6 rings (SSSR count). The summed E-state index contributed by atoms with van der Waals surface area (Å²) < 4.78 is 5.30. The molecule has 2 aromatic heterocycles. The molecule has 6 nitrogen and oxygen atoms in total. The maximum absolute atomic E-state index is 9.68. The molecule has 0 spiro atoms. The molecule has 0 aliphatic heterocycles. The highest BCUT2D eigenvalue weighted by Crippen LogP contribution is 2.29. The first-order chi connectivity index (χ1) is 20.0. The lowest BCUT2D eigenvalue weighted by Crippen LogP contribution is -2.34. The number of pyridine rings is 2. The minimum Gasteiger partial charge on any atom is -0.497 e. The number of nitrogens with zero attached hydrogens (tertiary/aromatic N) is 3. The van der Waals surface area contributed by atoms with Gasteiger partial charge in [0, 0.05) is 35.0 Å². The van der Waals surface area contributed by atoms with Gasteiger partial charge in [-0.2, -0.15) is 0 Å². The summed E-state index contributed by atoms with van der Waals surface area (Å²) in [7, 11) is 2.21. The first kappa shape index (κ1) is 26.7. The summed E-state index contributed by atoms with van der Waals surface area (Å²) in [5, 5.41) is 21.5. The molecule has 0 aliphatic rings. The number of hydrogen-bond donors (Lipinski definition) is 2. The number of aromatic nitrogens is 2. The molecule has 0 bridgehead atoms. The normalized spacial score (nSPS) is 11.3. The second kappa shape index (κ2) is 11.5. The van der Waals surface area contributed by atoms with Crippen molar-refractivity contribution in [3.05, 3.63) is 120 Å². The van der Waals surface area contributed by atoms with E-state index in [4.69, 9.17) is 14.7 Å². The van der Waals surface area contributed by atoms with Crippen molar-refractivity contribution >= 4 is 34.4 Å². The van der Waals surface area contributed by atoms with Crippen LogP contribution in [-0.4, -0.2) is 46.2 Å². The van der Waals surface area contributed by atoms with Crippen molar-refractivity contribution < 1.29 is 14.8 Å². The lowest BCUT2D eigenvalue weighted by molar-refractivity contribution is 0.319. The lowest BCUT2D eigenvalue weighted by atomic mass is 9.77. The fraction of sp³-hybridized carbons (Fsp3) is 0.118. The van der Waals surface area contributed by atoms with Crippen molar-refractivity contribution in [1.29, 1.82) is 0 Å². The van der Waals surface area contributed by atoms with E-state index < -0.39 is 7.12 Å². The Morgan fingerprint density at radius 3 is 1.76 bits per heavy atom. The zero-order valence-corrected chi connectivity index (χ0v) is 23.0. The molecule has 0 atom stereocenters. The third kappa shape index (κ3) is 5.69. The van der Waals surface area contributed by atoms with Crippen molar-refractivity contribution in [1.82, 2.24) is 14.9 Å². The van der Waals surface area contributed by atoms with Crippen LogP contribution in [0.1, 0.15) is 11.1 Å². The predicted molar refractivity (Wildman–Crippen MR) is 166 cm³/mol. The van der Waals surface area contributed by atoms with Gasteiger partial charge in [-0.3, -0.25) is 4.90 Å². The van der Waals surface area contributed by atoms with Crippen LogP contribution < -0.4 is 10.2 Å². The van der Waals surface area contributed by atoms with Gasteiger partial charge in [-0.25, -0.2) is 9.97 Å². The summed E-state index contributed by atoms with van der Waals surface area (Å²) in [6, 6.07) is 36.3. The molecule has 4 aromatic carbocycles. The van der Waals surface area contributed by atoms with E-state index in [1.54, 1.807) is 13.2 Å². The van der Waals surface area contributed by atoms with Crippen molar-refractivity contribution in [3.8, 4) is 28.3 Å². The average molecular weight is 539 g/mol. The number of hydrogen-bond acceptors (Lipinski definition) is 6. The van der Waals surface area contributed by atoms with Gasteiger partial charge in [0.25, 0.3) is 0 Å². The molecular weight excluding hydrogens is 509 g/mol. The molecule has 41 heavy (non-hydrogen) atoms. The number of methoxy groups -OCH3 is 1. The van der Waals surface area contributed by atoms with E-state index in [1.807, 2.05) is 55.6 Å². The minimum atomic E-state index is -1.48. The summed E-state index contributed by atoms with van der Waals surface area (Å²) in [6.07, 6.45) is 0. The molecule has 6 aromatic rings. The van der Waals surface area contributed by atoms with Gasteiger partial charge >= 0.3 is 7.12 Å². The topological polar surface area (TPSA) is 78.7 Å². The molecule has 0 amide bonds. The Bertz CT molecular complexity index is 1820. The molecule has 0 aliphatic carbocycles. The molecule has 2 heterocycles. The Morgan fingerprint density at radius 2 is 1.20 bits per heavy atom. The van der Waals surface area contributed by atoms with Crippen LogP contribution in [0.15, 0.2) is 109 Å². The van der Waals surface area contributed by atoms with E-state index in [1.165, 1.54) is 0 Å². The van der Waals surface area contributed by atoms with Gasteiger partial charge in [-0.1, -0.05) is 72.8 Å². The van der Waals surface area contributed by atoms with Crippen LogP contribution >= 0.6 is 0 Å². The Kier molecular flexibility index (Phi) is 7.48. The number of fused-ring (bicyclic) bond motifs is 3. The molecule has 0 saturated carbocycles. The fourth-order valence-electron chi connectivity index (χ4n) is 5.22. The number of ether oxygens (including phenoxy) is 1. The Balaban J connectivity index is 1.26. The van der Waals surface area contributed by atoms with E-state index in [0.717, 1.165) is 67.7 Å². The standard InChI is InChI=1S/C34H30BN3O3/c1-38(22-28-5-3-4-6-30(28)35(39)40)21-23-7-9-24(10-8-23)31-19-15-26-11-12-27-16-20-32(37-34(27)33(26)36-31)25-13-17-29(41-2)18-14-25/h3-20,39-40H,21-22H2,1-2H3. The van der Waals surface area contributed by atoms with Crippen molar-refractivity contribution in [2.75, 3.05) is 14.2 Å². The molecule has 0 radical (unpaired) electrons. The SMILES string of the molecule is COc1ccc(-c2ccc3ccc4ccc(-c5ccc(CN(C)Cc6ccccc6B(O)O)cc5)nc4c3n2)cc1. The Labute approximate surface area is 239 Å². The van der Waals surface area contributed by atoms with Gasteiger partial charge in [0.15, 0.2) is 0 Å². The molecule has 202 valence electrons. The van der Waals surface area contributed by atoms with Gasteiger partial charge in [0.2, 0.25) is 0 Å². The summed E-state index contributed by atoms with van der Waals surface area (Å²) in [5.41, 5.74) is 8.21. The molecule has 7 heteroatoms. The molecular formula is C34H30BN3O3. The second-order valence-electron chi connectivity index (χ2n) is 10.3. The molecule has 0 saturated heterocycles. The van der Waals surface area contributed by atoms with Crippen molar-refractivity contribution in [2.45, 2.75) is 13.1 Å². The van der Waals surface area contributed by atoms with E-state index in [2.05, 4.69) is 59.5 Å². The third-order valence-corrected chi connectivity index (χ3v) is 7.38. The van der Waals surface area contributed by atoms with Gasteiger partial charge in [-0.05, 0) is 60.0 Å². The van der Waals surface area contributed by atoms with Crippen LogP contribution in [0, 0.1) is 0 Å². The first-order valence-corrected chi connectivity index (χ1v) is 13.6. The Hall–Kier alpha value is -4.56. The third-order valence-electron chi connectivity index (χ3n) is 7.38. The molecule has 2 N–H and O–H groups in total. The van der Waals surface area contributed by atoms with Crippen LogP contribution in [0.2, 0.25) is 0 Å². The monoisotopic (exact) mass is 539 g/mol. The van der Waals surface area contributed by atoms with Gasteiger partial charge < -0.3 is 14.8 Å². The van der Waals surface area contributed by atoms with E-state index >= 15 is 0 Å². The Morgan fingerprint density at radius 1 is 0.659 bits per heavy atom.